The molecule has 1 atom stereocenters. The second-order valence-electron chi connectivity index (χ2n) is 2.60. The zero-order chi connectivity index (χ0) is 11.7. The molecule has 9 heteroatoms. The van der Waals surface area contributed by atoms with Crippen molar-refractivity contribution in [2.75, 3.05) is 7.05 Å². The molecule has 7 nitrogen and oxygen atoms in total. The summed E-state index contributed by atoms with van der Waals surface area (Å²) in [7, 11) is 1.28. The van der Waals surface area contributed by atoms with Crippen LogP contribution in [0.5, 0.6) is 0 Å². The number of halogens is 2. The number of carbonyl (C=O) groups is 1. The third-order valence-electron chi connectivity index (χ3n) is 1.70. The van der Waals surface area contributed by atoms with E-state index >= 15 is 0 Å². The van der Waals surface area contributed by atoms with Crippen LogP contribution in [0.3, 0.4) is 0 Å². The lowest BCUT2D eigenvalue weighted by Crippen LogP contribution is -2.37. The predicted molar refractivity (Wildman–Crippen MR) is 52.3 cm³/mol. The van der Waals surface area contributed by atoms with Crippen LogP contribution >= 0.6 is 23.2 Å². The van der Waals surface area contributed by atoms with Crippen molar-refractivity contribution in [2.24, 2.45) is 4.99 Å². The average molecular weight is 254 g/mol. The Balaban J connectivity index is 3.39. The first-order valence-corrected chi connectivity index (χ1v) is 4.40. The molecular weight excluding hydrogens is 249 g/mol. The second-order valence-corrected chi connectivity index (χ2v) is 3.35. The molecule has 0 aromatic rings. The van der Waals surface area contributed by atoms with E-state index in [1.165, 1.54) is 7.05 Å². The highest BCUT2D eigenvalue weighted by Gasteiger charge is 2.37. The molecule has 0 aliphatic carbocycles. The molecule has 82 valence electrons. The molecule has 0 aromatic carbocycles. The van der Waals surface area contributed by atoms with Crippen molar-refractivity contribution < 1.29 is 14.8 Å². The summed E-state index contributed by atoms with van der Waals surface area (Å²) in [6.07, 6.45) is 0. The molecule has 0 saturated heterocycles. The minimum Gasteiger partial charge on any atom is -0.476 e. The van der Waals surface area contributed by atoms with Gasteiger partial charge in [0, 0.05) is 7.05 Å². The monoisotopic (exact) mass is 253 g/mol. The number of hydrogen-bond acceptors (Lipinski definition) is 5. The number of aliphatic imine (C=N–C) groups is 1. The van der Waals surface area contributed by atoms with E-state index in [1.54, 1.807) is 0 Å². The number of hydrogen-bond donors (Lipinski definition) is 1. The topological polar surface area (TPSA) is 96.0 Å². The van der Waals surface area contributed by atoms with Gasteiger partial charge >= 0.3 is 11.7 Å². The second kappa shape index (κ2) is 4.03. The zero-order valence-corrected chi connectivity index (χ0v) is 8.86. The molecular formula is C6H5Cl2N3O4. The van der Waals surface area contributed by atoms with Crippen molar-refractivity contribution in [1.29, 1.82) is 0 Å². The first kappa shape index (κ1) is 11.7. The SMILES string of the molecule is CN1C(C(=O)O)=C([N+](=O)[O-])C(Cl)=NC1Cl. The lowest BCUT2D eigenvalue weighted by atomic mass is 10.3. The van der Waals surface area contributed by atoms with E-state index in [9.17, 15) is 14.9 Å². The third-order valence-corrected chi connectivity index (χ3v) is 2.36. The molecule has 0 spiro atoms. The van der Waals surface area contributed by atoms with E-state index in [4.69, 9.17) is 28.3 Å². The Bertz CT molecular complexity index is 392. The van der Waals surface area contributed by atoms with Crippen LogP contribution < -0.4 is 0 Å². The summed E-state index contributed by atoms with van der Waals surface area (Å²) in [6.45, 7) is 0. The maximum absolute atomic E-state index is 10.8. The van der Waals surface area contributed by atoms with Crippen molar-refractivity contribution in [3.05, 3.63) is 21.5 Å². The summed E-state index contributed by atoms with van der Waals surface area (Å²) in [5, 5.41) is 18.9. The van der Waals surface area contributed by atoms with Gasteiger partial charge in [0.15, 0.2) is 5.62 Å². The zero-order valence-electron chi connectivity index (χ0n) is 7.35. The Kier molecular flexibility index (Phi) is 3.15. The summed E-state index contributed by atoms with van der Waals surface area (Å²) in [6, 6.07) is 0. The van der Waals surface area contributed by atoms with Gasteiger partial charge < -0.3 is 10.0 Å². The van der Waals surface area contributed by atoms with Crippen LogP contribution in [0.4, 0.5) is 0 Å². The van der Waals surface area contributed by atoms with E-state index in [0.29, 0.717) is 0 Å². The number of aliphatic carboxylic acids is 1. The largest absolute Gasteiger partial charge is 0.476 e. The molecule has 0 amide bonds. The summed E-state index contributed by atoms with van der Waals surface area (Å²) < 4.78 is 0. The van der Waals surface area contributed by atoms with Crippen molar-refractivity contribution in [3.63, 3.8) is 0 Å². The van der Waals surface area contributed by atoms with E-state index < -0.39 is 33.1 Å². The van der Waals surface area contributed by atoms with Gasteiger partial charge in [0.25, 0.3) is 0 Å². The molecule has 1 N–H and O–H groups in total. The lowest BCUT2D eigenvalue weighted by Gasteiger charge is -2.25. The molecule has 1 aliphatic rings. The maximum atomic E-state index is 10.8. The van der Waals surface area contributed by atoms with Crippen LogP contribution in [0.25, 0.3) is 0 Å². The number of carboxylic acids is 1. The van der Waals surface area contributed by atoms with Crippen molar-refractivity contribution in [3.8, 4) is 0 Å². The normalized spacial score (nSPS) is 21.4. The Morgan fingerprint density at radius 3 is 2.67 bits per heavy atom. The molecule has 0 radical (unpaired) electrons. The Labute approximate surface area is 93.7 Å². The molecule has 1 aliphatic heterocycles. The molecule has 1 rings (SSSR count). The summed E-state index contributed by atoms with van der Waals surface area (Å²) >= 11 is 11.1. The summed E-state index contributed by atoms with van der Waals surface area (Å²) in [5.74, 6) is -1.48. The third kappa shape index (κ3) is 2.02. The smallest absolute Gasteiger partial charge is 0.359 e. The van der Waals surface area contributed by atoms with Crippen LogP contribution in [0.15, 0.2) is 16.4 Å². The van der Waals surface area contributed by atoms with E-state index in [1.807, 2.05) is 0 Å². The number of carboxylic acid groups (broad SMARTS) is 1. The fourth-order valence-electron chi connectivity index (χ4n) is 1.03. The molecule has 1 heterocycles. The van der Waals surface area contributed by atoms with E-state index in [2.05, 4.69) is 4.99 Å². The molecule has 0 aromatic heterocycles. The van der Waals surface area contributed by atoms with Crippen LogP contribution in [0.1, 0.15) is 0 Å². The van der Waals surface area contributed by atoms with Crippen molar-refractivity contribution >= 4 is 34.3 Å². The van der Waals surface area contributed by atoms with Gasteiger partial charge in [-0.25, -0.2) is 9.79 Å². The molecule has 0 fully saturated rings. The molecule has 0 bridgehead atoms. The Morgan fingerprint density at radius 1 is 1.73 bits per heavy atom. The molecule has 15 heavy (non-hydrogen) atoms. The van der Waals surface area contributed by atoms with Crippen LogP contribution in [-0.2, 0) is 4.79 Å². The van der Waals surface area contributed by atoms with Gasteiger partial charge in [-0.05, 0) is 0 Å². The highest BCUT2D eigenvalue weighted by Crippen LogP contribution is 2.24. The average Bonchev–Trinajstić information content (AvgIpc) is 2.09. The summed E-state index contributed by atoms with van der Waals surface area (Å²) in [4.78, 5) is 24.9. The number of alkyl halides is 1. The van der Waals surface area contributed by atoms with Gasteiger partial charge in [-0.2, -0.15) is 0 Å². The van der Waals surface area contributed by atoms with Crippen molar-refractivity contribution in [1.82, 2.24) is 4.90 Å². The van der Waals surface area contributed by atoms with Crippen molar-refractivity contribution in [2.45, 2.75) is 5.62 Å². The van der Waals surface area contributed by atoms with Gasteiger partial charge in [0.1, 0.15) is 0 Å². The number of nitrogens with zero attached hydrogens (tertiary/aromatic N) is 3. The van der Waals surface area contributed by atoms with Gasteiger partial charge in [0.05, 0.1) is 4.92 Å². The van der Waals surface area contributed by atoms with Crippen LogP contribution in [0.2, 0.25) is 0 Å². The summed E-state index contributed by atoms with van der Waals surface area (Å²) in [5.41, 5.74) is -2.41. The van der Waals surface area contributed by atoms with Gasteiger partial charge in [-0.3, -0.25) is 10.1 Å². The number of nitro groups is 1. The predicted octanol–water partition coefficient (Wildman–Crippen LogP) is 0.664. The fraction of sp³-hybridized carbons (Fsp3) is 0.333. The van der Waals surface area contributed by atoms with Crippen LogP contribution in [0, 0.1) is 10.1 Å². The standard InChI is InChI=1S/C6H5Cl2N3O4/c1-10-3(5(12)13)2(11(14)15)4(7)9-6(10)8/h6H,1H3,(H,12,13). The first-order chi connectivity index (χ1) is 6.86. The first-order valence-electron chi connectivity index (χ1n) is 3.58. The van der Waals surface area contributed by atoms with Crippen LogP contribution in [-0.4, -0.2) is 38.7 Å². The molecule has 1 unspecified atom stereocenters. The van der Waals surface area contributed by atoms with E-state index in [-0.39, 0.29) is 0 Å². The van der Waals surface area contributed by atoms with Gasteiger partial charge in [0.2, 0.25) is 10.9 Å². The minimum absolute atomic E-state index is 0.518. The van der Waals surface area contributed by atoms with E-state index in [0.717, 1.165) is 4.90 Å². The Morgan fingerprint density at radius 2 is 2.27 bits per heavy atom. The number of likely N-dealkylation sites (N-methyl/N-ethyl adjacent to an activating group) is 1. The minimum atomic E-state index is -1.48. The fourth-order valence-corrected chi connectivity index (χ4v) is 1.52. The quantitative estimate of drug-likeness (QED) is 0.338. The van der Waals surface area contributed by atoms with Gasteiger partial charge in [-0.15, -0.1) is 0 Å². The molecule has 0 saturated carbocycles. The Hall–Kier alpha value is -1.34. The number of allylic oxidation sites excluding steroid dienone is 1. The lowest BCUT2D eigenvalue weighted by molar-refractivity contribution is -0.417. The van der Waals surface area contributed by atoms with Gasteiger partial charge in [-0.1, -0.05) is 23.2 Å². The highest BCUT2D eigenvalue weighted by atomic mass is 35.5. The maximum Gasteiger partial charge on any atom is 0.359 e. The highest BCUT2D eigenvalue weighted by molar-refractivity contribution is 6.69. The number of rotatable bonds is 2.